The van der Waals surface area contributed by atoms with E-state index in [1.54, 1.807) is 25.7 Å². The zero-order valence-electron chi connectivity index (χ0n) is 10.2. The van der Waals surface area contributed by atoms with Crippen LogP contribution in [-0.4, -0.2) is 17.1 Å². The maximum Gasteiger partial charge on any atom is 0.162 e. The van der Waals surface area contributed by atoms with Crippen molar-refractivity contribution in [3.63, 3.8) is 0 Å². The average Bonchev–Trinajstić information content (AvgIpc) is 2.45. The molecule has 0 radical (unpaired) electrons. The SMILES string of the molecule is COc1ccc(CN)cc1OCc1cnccn1. The summed E-state index contributed by atoms with van der Waals surface area (Å²) in [6.07, 6.45) is 4.92. The topological polar surface area (TPSA) is 70.3 Å². The highest BCUT2D eigenvalue weighted by atomic mass is 16.5. The zero-order valence-corrected chi connectivity index (χ0v) is 10.2. The lowest BCUT2D eigenvalue weighted by Crippen LogP contribution is -2.02. The molecule has 18 heavy (non-hydrogen) atoms. The first-order valence-corrected chi connectivity index (χ1v) is 5.58. The number of hydrogen-bond acceptors (Lipinski definition) is 5. The fraction of sp³-hybridized carbons (Fsp3) is 0.231. The third-order valence-electron chi connectivity index (χ3n) is 2.46. The number of benzene rings is 1. The van der Waals surface area contributed by atoms with Crippen LogP contribution >= 0.6 is 0 Å². The van der Waals surface area contributed by atoms with Crippen LogP contribution in [0.3, 0.4) is 0 Å². The van der Waals surface area contributed by atoms with Crippen molar-refractivity contribution < 1.29 is 9.47 Å². The summed E-state index contributed by atoms with van der Waals surface area (Å²) < 4.78 is 10.9. The van der Waals surface area contributed by atoms with Gasteiger partial charge in [0.05, 0.1) is 19.0 Å². The fourth-order valence-corrected chi connectivity index (χ4v) is 1.52. The molecule has 0 bridgehead atoms. The van der Waals surface area contributed by atoms with Gasteiger partial charge in [0.2, 0.25) is 0 Å². The van der Waals surface area contributed by atoms with Crippen LogP contribution in [0.1, 0.15) is 11.3 Å². The lowest BCUT2D eigenvalue weighted by molar-refractivity contribution is 0.280. The van der Waals surface area contributed by atoms with Crippen molar-refractivity contribution in [2.75, 3.05) is 7.11 Å². The van der Waals surface area contributed by atoms with Gasteiger partial charge in [0.1, 0.15) is 6.61 Å². The maximum atomic E-state index is 5.67. The van der Waals surface area contributed by atoms with E-state index in [1.165, 1.54) is 0 Å². The summed E-state index contributed by atoms with van der Waals surface area (Å²) >= 11 is 0. The molecule has 0 aliphatic heterocycles. The third-order valence-corrected chi connectivity index (χ3v) is 2.46. The van der Waals surface area contributed by atoms with Crippen LogP contribution in [-0.2, 0) is 13.2 Å². The lowest BCUT2D eigenvalue weighted by atomic mass is 10.2. The minimum absolute atomic E-state index is 0.345. The highest BCUT2D eigenvalue weighted by Gasteiger charge is 2.06. The van der Waals surface area contributed by atoms with Gasteiger partial charge in [-0.1, -0.05) is 6.07 Å². The fourth-order valence-electron chi connectivity index (χ4n) is 1.52. The highest BCUT2D eigenvalue weighted by molar-refractivity contribution is 5.42. The van der Waals surface area contributed by atoms with E-state index in [9.17, 15) is 0 Å². The van der Waals surface area contributed by atoms with Gasteiger partial charge in [-0.15, -0.1) is 0 Å². The van der Waals surface area contributed by atoms with E-state index in [2.05, 4.69) is 9.97 Å². The Morgan fingerprint density at radius 3 is 2.78 bits per heavy atom. The van der Waals surface area contributed by atoms with Gasteiger partial charge < -0.3 is 15.2 Å². The molecule has 5 nitrogen and oxygen atoms in total. The highest BCUT2D eigenvalue weighted by Crippen LogP contribution is 2.28. The molecule has 0 saturated heterocycles. The molecule has 0 unspecified atom stereocenters. The summed E-state index contributed by atoms with van der Waals surface area (Å²) in [4.78, 5) is 8.12. The molecule has 0 atom stereocenters. The first kappa shape index (κ1) is 12.3. The van der Waals surface area contributed by atoms with E-state index in [0.29, 0.717) is 24.7 Å². The first-order chi connectivity index (χ1) is 8.83. The van der Waals surface area contributed by atoms with E-state index in [4.69, 9.17) is 15.2 Å². The predicted molar refractivity (Wildman–Crippen MR) is 67.2 cm³/mol. The van der Waals surface area contributed by atoms with Gasteiger partial charge in [0, 0.05) is 18.9 Å². The second kappa shape index (κ2) is 5.97. The molecule has 1 aromatic carbocycles. The second-order valence-corrected chi connectivity index (χ2v) is 3.67. The van der Waals surface area contributed by atoms with Crippen LogP contribution in [0, 0.1) is 0 Å². The van der Waals surface area contributed by atoms with Crippen LogP contribution in [0.15, 0.2) is 36.8 Å². The summed E-state index contributed by atoms with van der Waals surface area (Å²) in [5.74, 6) is 1.34. The van der Waals surface area contributed by atoms with Crippen molar-refractivity contribution in [3.8, 4) is 11.5 Å². The Balaban J connectivity index is 2.12. The molecule has 2 N–H and O–H groups in total. The Kier molecular flexibility index (Phi) is 4.09. The van der Waals surface area contributed by atoms with E-state index in [0.717, 1.165) is 11.3 Å². The van der Waals surface area contributed by atoms with Crippen LogP contribution < -0.4 is 15.2 Å². The monoisotopic (exact) mass is 245 g/mol. The zero-order chi connectivity index (χ0) is 12.8. The molecule has 1 aromatic heterocycles. The summed E-state index contributed by atoms with van der Waals surface area (Å²) in [6, 6.07) is 5.62. The Bertz CT molecular complexity index is 503. The first-order valence-electron chi connectivity index (χ1n) is 5.58. The summed E-state index contributed by atoms with van der Waals surface area (Å²) in [5.41, 5.74) is 7.35. The van der Waals surface area contributed by atoms with Crippen LogP contribution in [0.4, 0.5) is 0 Å². The van der Waals surface area contributed by atoms with E-state index < -0.39 is 0 Å². The number of nitrogens with zero attached hydrogens (tertiary/aromatic N) is 2. The van der Waals surface area contributed by atoms with Crippen molar-refractivity contribution in [3.05, 3.63) is 48.0 Å². The lowest BCUT2D eigenvalue weighted by Gasteiger charge is -2.11. The van der Waals surface area contributed by atoms with Crippen LogP contribution in [0.5, 0.6) is 11.5 Å². The van der Waals surface area contributed by atoms with Crippen molar-refractivity contribution >= 4 is 0 Å². The van der Waals surface area contributed by atoms with Gasteiger partial charge in [-0.3, -0.25) is 9.97 Å². The number of rotatable bonds is 5. The van der Waals surface area contributed by atoms with Crippen LogP contribution in [0.2, 0.25) is 0 Å². The van der Waals surface area contributed by atoms with Gasteiger partial charge in [-0.05, 0) is 17.7 Å². The van der Waals surface area contributed by atoms with Crippen molar-refractivity contribution in [2.45, 2.75) is 13.2 Å². The molecule has 2 aromatic rings. The number of hydrogen-bond donors (Lipinski definition) is 1. The third kappa shape index (κ3) is 2.95. The molecular weight excluding hydrogens is 230 g/mol. The number of ether oxygens (including phenoxy) is 2. The Hall–Kier alpha value is -2.14. The molecule has 2 rings (SSSR count). The molecule has 0 fully saturated rings. The minimum Gasteiger partial charge on any atom is -0.493 e. The van der Waals surface area contributed by atoms with Gasteiger partial charge in [0.15, 0.2) is 11.5 Å². The summed E-state index contributed by atoms with van der Waals surface area (Å²) in [7, 11) is 1.60. The molecule has 0 spiro atoms. The quantitative estimate of drug-likeness (QED) is 0.864. The molecule has 0 amide bonds. The average molecular weight is 245 g/mol. The number of nitrogens with two attached hydrogens (primary N) is 1. The van der Waals surface area contributed by atoms with Crippen molar-refractivity contribution in [2.24, 2.45) is 5.73 Å². The molecule has 1 heterocycles. The van der Waals surface area contributed by atoms with E-state index in [1.807, 2.05) is 18.2 Å². The maximum absolute atomic E-state index is 5.67. The number of aromatic nitrogens is 2. The smallest absolute Gasteiger partial charge is 0.162 e. The van der Waals surface area contributed by atoms with Crippen LogP contribution in [0.25, 0.3) is 0 Å². The molecule has 5 heteroatoms. The normalized spacial score (nSPS) is 10.1. The summed E-state index contributed by atoms with van der Waals surface area (Å²) in [6.45, 7) is 0.809. The second-order valence-electron chi connectivity index (χ2n) is 3.67. The van der Waals surface area contributed by atoms with Crippen molar-refractivity contribution in [1.29, 1.82) is 0 Å². The number of methoxy groups -OCH3 is 1. The largest absolute Gasteiger partial charge is 0.493 e. The standard InChI is InChI=1S/C13H15N3O2/c1-17-12-3-2-10(7-14)6-13(12)18-9-11-8-15-4-5-16-11/h2-6,8H,7,9,14H2,1H3. The van der Waals surface area contributed by atoms with Gasteiger partial charge in [-0.2, -0.15) is 0 Å². The Morgan fingerprint density at radius 1 is 1.22 bits per heavy atom. The molecule has 94 valence electrons. The minimum atomic E-state index is 0.345. The molecular formula is C13H15N3O2. The Morgan fingerprint density at radius 2 is 2.11 bits per heavy atom. The molecule has 0 saturated carbocycles. The van der Waals surface area contributed by atoms with Gasteiger partial charge >= 0.3 is 0 Å². The van der Waals surface area contributed by atoms with E-state index >= 15 is 0 Å². The molecule has 0 aliphatic rings. The van der Waals surface area contributed by atoms with E-state index in [-0.39, 0.29) is 0 Å². The molecule has 0 aliphatic carbocycles. The summed E-state index contributed by atoms with van der Waals surface area (Å²) in [5, 5.41) is 0. The van der Waals surface area contributed by atoms with Gasteiger partial charge in [-0.25, -0.2) is 0 Å². The van der Waals surface area contributed by atoms with Crippen molar-refractivity contribution in [1.82, 2.24) is 9.97 Å². The van der Waals surface area contributed by atoms with Gasteiger partial charge in [0.25, 0.3) is 0 Å². The Labute approximate surface area is 106 Å². The predicted octanol–water partition coefficient (Wildman–Crippen LogP) is 1.52.